The zero-order valence-corrected chi connectivity index (χ0v) is 20.4. The van der Waals surface area contributed by atoms with Crippen molar-refractivity contribution in [2.45, 2.75) is 18.9 Å². The smallest absolute Gasteiger partial charge is 0.321 e. The van der Waals surface area contributed by atoms with Crippen LogP contribution >= 0.6 is 0 Å². The maximum Gasteiger partial charge on any atom is 0.321 e. The molecule has 0 bridgehead atoms. The van der Waals surface area contributed by atoms with Gasteiger partial charge in [-0.2, -0.15) is 0 Å². The van der Waals surface area contributed by atoms with E-state index in [9.17, 15) is 4.79 Å². The number of hydrogen-bond acceptors (Lipinski definition) is 6. The van der Waals surface area contributed by atoms with Crippen LogP contribution in [0.2, 0.25) is 0 Å². The van der Waals surface area contributed by atoms with Gasteiger partial charge >= 0.3 is 6.03 Å². The van der Waals surface area contributed by atoms with Gasteiger partial charge in [-0.05, 0) is 55.3 Å². The van der Waals surface area contributed by atoms with Gasteiger partial charge < -0.3 is 25.2 Å². The molecule has 2 aromatic carbocycles. The monoisotopic (exact) mass is 472 g/mol. The Morgan fingerprint density at radius 3 is 2.77 bits per heavy atom. The van der Waals surface area contributed by atoms with E-state index in [1.807, 2.05) is 84.6 Å². The number of carbonyl (C=O) groups excluding carboxylic acids is 1. The molecule has 1 saturated heterocycles. The van der Waals surface area contributed by atoms with Crippen molar-refractivity contribution in [2.75, 3.05) is 49.8 Å². The Balaban J connectivity index is 1.44. The van der Waals surface area contributed by atoms with E-state index in [1.54, 1.807) is 13.3 Å². The molecule has 4 rings (SSSR count). The Bertz CT molecular complexity index is 1200. The fraction of sp³-hybridized carbons (Fsp3) is 0.296. The maximum atomic E-state index is 13.0. The summed E-state index contributed by atoms with van der Waals surface area (Å²) in [6, 6.07) is 18.9. The highest BCUT2D eigenvalue weighted by molar-refractivity contribution is 6.13. The number of nitrogens with zero attached hydrogens (tertiary/aromatic N) is 3. The molecule has 1 aliphatic rings. The Morgan fingerprint density at radius 2 is 1.97 bits per heavy atom. The predicted octanol–water partition coefficient (Wildman–Crippen LogP) is 4.68. The van der Waals surface area contributed by atoms with E-state index < -0.39 is 0 Å². The van der Waals surface area contributed by atoms with Gasteiger partial charge in [0.1, 0.15) is 11.6 Å². The van der Waals surface area contributed by atoms with Crippen LogP contribution in [0.5, 0.6) is 5.75 Å². The molecule has 1 unspecified atom stereocenters. The molecule has 0 saturated carbocycles. The maximum absolute atomic E-state index is 13.0. The molecule has 182 valence electrons. The van der Waals surface area contributed by atoms with Gasteiger partial charge in [-0.25, -0.2) is 9.78 Å². The van der Waals surface area contributed by atoms with Crippen molar-refractivity contribution >= 4 is 28.9 Å². The Kier molecular flexibility index (Phi) is 7.50. The zero-order valence-electron chi connectivity index (χ0n) is 20.4. The number of pyridine rings is 1. The molecule has 35 heavy (non-hydrogen) atoms. The van der Waals surface area contributed by atoms with Crippen molar-refractivity contribution in [2.24, 2.45) is 0 Å². The summed E-state index contributed by atoms with van der Waals surface area (Å²) < 4.78 is 5.31. The molecular weight excluding hydrogens is 440 g/mol. The lowest BCUT2D eigenvalue weighted by Gasteiger charge is -2.33. The fourth-order valence-electron chi connectivity index (χ4n) is 4.19. The van der Waals surface area contributed by atoms with Crippen molar-refractivity contribution in [3.63, 3.8) is 0 Å². The molecule has 1 aromatic heterocycles. The Hall–Kier alpha value is -4.07. The van der Waals surface area contributed by atoms with Crippen LogP contribution in [0, 0.1) is 5.41 Å². The van der Waals surface area contributed by atoms with Crippen LogP contribution in [0.15, 0.2) is 66.9 Å². The number of aromatic nitrogens is 1. The number of piperidine rings is 1. The standard InChI is InChI=1S/C27H32N6O2/c1-32(2)22-11-5-9-20(17-22)31-27(34)33-15-7-10-21(18-33)30-26-24(13-6-14-29-26)25(28)19-8-4-12-23(16-19)35-3/h4-6,8-9,11-14,16-17,21,28H,7,10,15,18H2,1-3H3,(H,29,30)(H,31,34). The average Bonchev–Trinajstić information content (AvgIpc) is 2.89. The molecule has 3 aromatic rings. The van der Waals surface area contributed by atoms with Crippen molar-refractivity contribution in [1.82, 2.24) is 9.88 Å². The number of amides is 2. The molecule has 8 nitrogen and oxygen atoms in total. The molecule has 1 fully saturated rings. The second kappa shape index (κ2) is 10.9. The second-order valence-electron chi connectivity index (χ2n) is 8.81. The second-order valence-corrected chi connectivity index (χ2v) is 8.81. The van der Waals surface area contributed by atoms with Crippen LogP contribution in [-0.2, 0) is 0 Å². The first-order valence-electron chi connectivity index (χ1n) is 11.7. The minimum Gasteiger partial charge on any atom is -0.497 e. The number of nitrogens with one attached hydrogen (secondary N) is 3. The summed E-state index contributed by atoms with van der Waals surface area (Å²) in [5.74, 6) is 1.35. The number of methoxy groups -OCH3 is 1. The average molecular weight is 473 g/mol. The Labute approximate surface area is 206 Å². The summed E-state index contributed by atoms with van der Waals surface area (Å²) in [6.07, 6.45) is 3.52. The fourth-order valence-corrected chi connectivity index (χ4v) is 4.19. The van der Waals surface area contributed by atoms with Crippen LogP contribution in [0.25, 0.3) is 0 Å². The quantitative estimate of drug-likeness (QED) is 0.434. The number of ether oxygens (including phenoxy) is 1. The summed E-state index contributed by atoms with van der Waals surface area (Å²) >= 11 is 0. The molecule has 0 spiro atoms. The van der Waals surface area contributed by atoms with Crippen LogP contribution < -0.4 is 20.3 Å². The van der Waals surface area contributed by atoms with Gasteiger partial charge in [0.05, 0.1) is 12.8 Å². The van der Waals surface area contributed by atoms with E-state index >= 15 is 0 Å². The number of benzene rings is 2. The predicted molar refractivity (Wildman–Crippen MR) is 141 cm³/mol. The van der Waals surface area contributed by atoms with Gasteiger partial charge in [-0.1, -0.05) is 18.2 Å². The van der Waals surface area contributed by atoms with Gasteiger partial charge in [0.25, 0.3) is 0 Å². The third-order valence-corrected chi connectivity index (χ3v) is 6.10. The lowest BCUT2D eigenvalue weighted by Crippen LogP contribution is -2.47. The number of hydrogen-bond donors (Lipinski definition) is 3. The van der Waals surface area contributed by atoms with Crippen molar-refractivity contribution in [1.29, 1.82) is 5.41 Å². The van der Waals surface area contributed by atoms with Crippen LogP contribution in [0.1, 0.15) is 24.0 Å². The minimum absolute atomic E-state index is 0.0365. The van der Waals surface area contributed by atoms with Gasteiger partial charge in [-0.15, -0.1) is 0 Å². The minimum atomic E-state index is -0.113. The van der Waals surface area contributed by atoms with Gasteiger partial charge in [0.15, 0.2) is 0 Å². The van der Waals surface area contributed by atoms with Crippen molar-refractivity contribution in [3.8, 4) is 5.75 Å². The van der Waals surface area contributed by atoms with E-state index in [0.717, 1.165) is 29.8 Å². The highest BCUT2D eigenvalue weighted by Gasteiger charge is 2.25. The first kappa shape index (κ1) is 24.1. The van der Waals surface area contributed by atoms with Gasteiger partial charge in [0, 0.05) is 61.9 Å². The number of rotatable bonds is 7. The summed E-state index contributed by atoms with van der Waals surface area (Å²) in [7, 11) is 5.56. The molecule has 0 radical (unpaired) electrons. The van der Waals surface area contributed by atoms with E-state index in [-0.39, 0.29) is 12.1 Å². The van der Waals surface area contributed by atoms with E-state index in [4.69, 9.17) is 10.1 Å². The molecule has 1 aliphatic heterocycles. The van der Waals surface area contributed by atoms with Crippen molar-refractivity contribution in [3.05, 3.63) is 78.0 Å². The van der Waals surface area contributed by atoms with Crippen LogP contribution in [-0.4, -0.2) is 62.0 Å². The summed E-state index contributed by atoms with van der Waals surface area (Å²) in [5.41, 5.74) is 3.63. The number of anilines is 3. The molecule has 2 heterocycles. The van der Waals surface area contributed by atoms with Gasteiger partial charge in [0.2, 0.25) is 0 Å². The number of carbonyl (C=O) groups is 1. The largest absolute Gasteiger partial charge is 0.497 e. The van der Waals surface area contributed by atoms with Gasteiger partial charge in [-0.3, -0.25) is 5.41 Å². The highest BCUT2D eigenvalue weighted by atomic mass is 16.5. The number of likely N-dealkylation sites (tertiary alicyclic amines) is 1. The molecule has 3 N–H and O–H groups in total. The summed E-state index contributed by atoms with van der Waals surface area (Å²) in [6.45, 7) is 1.26. The van der Waals surface area contributed by atoms with E-state index in [2.05, 4.69) is 15.6 Å². The Morgan fingerprint density at radius 1 is 1.14 bits per heavy atom. The van der Waals surface area contributed by atoms with E-state index in [0.29, 0.717) is 35.9 Å². The molecule has 2 amide bonds. The molecule has 0 aliphatic carbocycles. The molecule has 8 heteroatoms. The first-order chi connectivity index (χ1) is 16.9. The molecule has 1 atom stereocenters. The molecular formula is C27H32N6O2. The lowest BCUT2D eigenvalue weighted by molar-refractivity contribution is 0.196. The van der Waals surface area contributed by atoms with Crippen LogP contribution in [0.3, 0.4) is 0 Å². The van der Waals surface area contributed by atoms with Crippen molar-refractivity contribution < 1.29 is 9.53 Å². The topological polar surface area (TPSA) is 93.6 Å². The van der Waals surface area contributed by atoms with Crippen LogP contribution in [0.4, 0.5) is 22.0 Å². The highest BCUT2D eigenvalue weighted by Crippen LogP contribution is 2.23. The number of urea groups is 1. The third-order valence-electron chi connectivity index (χ3n) is 6.10. The normalized spacial score (nSPS) is 15.3. The van der Waals surface area contributed by atoms with E-state index in [1.165, 1.54) is 0 Å². The lowest BCUT2D eigenvalue weighted by atomic mass is 10.0. The SMILES string of the molecule is COc1cccc(C(=N)c2cccnc2NC2CCCN(C(=O)Nc3cccc(N(C)C)c3)C2)c1. The summed E-state index contributed by atoms with van der Waals surface area (Å²) in [4.78, 5) is 21.3. The summed E-state index contributed by atoms with van der Waals surface area (Å²) in [5, 5.41) is 15.3. The zero-order chi connectivity index (χ0) is 24.8. The third kappa shape index (κ3) is 5.90. The first-order valence-corrected chi connectivity index (χ1v) is 11.7.